The lowest BCUT2D eigenvalue weighted by atomic mass is 10.1. The van der Waals surface area contributed by atoms with Gasteiger partial charge in [-0.15, -0.1) is 0 Å². The van der Waals surface area contributed by atoms with Gasteiger partial charge < -0.3 is 5.73 Å². The first-order valence-corrected chi connectivity index (χ1v) is 5.34. The second-order valence-electron chi connectivity index (χ2n) is 4.20. The molecule has 12 heavy (non-hydrogen) atoms. The summed E-state index contributed by atoms with van der Waals surface area (Å²) in [6, 6.07) is 2.23. The highest BCUT2D eigenvalue weighted by Gasteiger charge is 2.57. The zero-order chi connectivity index (χ0) is 8.77. The Labute approximate surface area is 77.6 Å². The molecule has 1 aliphatic rings. The largest absolute Gasteiger partial charge is 0.330 e. The van der Waals surface area contributed by atoms with Crippen LogP contribution in [-0.2, 0) is 0 Å². The zero-order valence-corrected chi connectivity index (χ0v) is 8.40. The maximum atomic E-state index is 5.71. The van der Waals surface area contributed by atoms with Crippen LogP contribution in [0.2, 0.25) is 0 Å². The van der Waals surface area contributed by atoms with Gasteiger partial charge in [0.1, 0.15) is 0 Å². The molecular formula is C10H15NS. The molecule has 0 saturated heterocycles. The molecule has 0 radical (unpaired) electrons. The third kappa shape index (κ3) is 1.02. The van der Waals surface area contributed by atoms with E-state index in [-0.39, 0.29) is 0 Å². The van der Waals surface area contributed by atoms with Crippen molar-refractivity contribution in [2.24, 2.45) is 17.1 Å². The molecule has 2 unspecified atom stereocenters. The van der Waals surface area contributed by atoms with Crippen LogP contribution in [0.25, 0.3) is 0 Å². The van der Waals surface area contributed by atoms with Crippen LogP contribution in [0.3, 0.4) is 0 Å². The van der Waals surface area contributed by atoms with Gasteiger partial charge in [0.15, 0.2) is 0 Å². The van der Waals surface area contributed by atoms with E-state index in [1.807, 2.05) is 0 Å². The van der Waals surface area contributed by atoms with Gasteiger partial charge in [-0.2, -0.15) is 11.3 Å². The summed E-state index contributed by atoms with van der Waals surface area (Å²) in [5.41, 5.74) is 7.64. The Morgan fingerprint density at radius 2 is 2.33 bits per heavy atom. The van der Waals surface area contributed by atoms with Crippen LogP contribution < -0.4 is 5.73 Å². The van der Waals surface area contributed by atoms with Crippen molar-refractivity contribution in [1.29, 1.82) is 0 Å². The molecule has 2 rings (SSSR count). The summed E-state index contributed by atoms with van der Waals surface area (Å²) in [5, 5.41) is 4.40. The third-order valence-corrected chi connectivity index (χ3v) is 3.91. The van der Waals surface area contributed by atoms with E-state index in [0.29, 0.717) is 17.3 Å². The molecule has 1 nitrogen and oxygen atoms in total. The van der Waals surface area contributed by atoms with Gasteiger partial charge in [-0.05, 0) is 46.2 Å². The summed E-state index contributed by atoms with van der Waals surface area (Å²) >= 11 is 1.78. The fourth-order valence-corrected chi connectivity index (χ4v) is 2.99. The molecule has 1 heterocycles. The van der Waals surface area contributed by atoms with Crippen molar-refractivity contribution in [3.05, 3.63) is 22.4 Å². The van der Waals surface area contributed by atoms with E-state index >= 15 is 0 Å². The first kappa shape index (κ1) is 8.27. The smallest absolute Gasteiger partial charge is 0.00375 e. The van der Waals surface area contributed by atoms with Crippen molar-refractivity contribution in [3.63, 3.8) is 0 Å². The first-order chi connectivity index (χ1) is 5.68. The monoisotopic (exact) mass is 181 g/mol. The van der Waals surface area contributed by atoms with Crippen LogP contribution in [0.4, 0.5) is 0 Å². The predicted molar refractivity (Wildman–Crippen MR) is 53.4 cm³/mol. The molecule has 1 saturated carbocycles. The first-order valence-electron chi connectivity index (χ1n) is 4.40. The van der Waals surface area contributed by atoms with Crippen molar-refractivity contribution >= 4 is 11.3 Å². The molecule has 2 atom stereocenters. The molecule has 1 aromatic rings. The average Bonchev–Trinajstić information content (AvgIpc) is 2.50. The normalized spacial score (nSPS) is 31.9. The third-order valence-electron chi connectivity index (χ3n) is 3.21. The lowest BCUT2D eigenvalue weighted by molar-refractivity contribution is 0.559. The Bertz CT molecular complexity index is 263. The fraction of sp³-hybridized carbons (Fsp3) is 0.600. The van der Waals surface area contributed by atoms with Crippen molar-refractivity contribution in [3.8, 4) is 0 Å². The van der Waals surface area contributed by atoms with Crippen LogP contribution in [0.5, 0.6) is 0 Å². The van der Waals surface area contributed by atoms with Gasteiger partial charge in [0, 0.05) is 0 Å². The van der Waals surface area contributed by atoms with Gasteiger partial charge in [-0.3, -0.25) is 0 Å². The summed E-state index contributed by atoms with van der Waals surface area (Å²) in [4.78, 5) is 0. The summed E-state index contributed by atoms with van der Waals surface area (Å²) in [5.74, 6) is 1.42. The topological polar surface area (TPSA) is 26.0 Å². The van der Waals surface area contributed by atoms with Crippen LogP contribution >= 0.6 is 11.3 Å². The Balaban J connectivity index is 2.19. The number of hydrogen-bond donors (Lipinski definition) is 1. The summed E-state index contributed by atoms with van der Waals surface area (Å²) in [6.45, 7) is 5.45. The lowest BCUT2D eigenvalue weighted by Crippen LogP contribution is -2.05. The molecule has 2 N–H and O–H groups in total. The van der Waals surface area contributed by atoms with Gasteiger partial charge >= 0.3 is 0 Å². The van der Waals surface area contributed by atoms with Crippen molar-refractivity contribution in [2.45, 2.75) is 19.8 Å². The molecule has 0 bridgehead atoms. The standard InChI is InChI=1S/C10H15NS/c1-10(2)8(5-11)9(10)7-3-4-12-6-7/h3-4,6,8-9H,5,11H2,1-2H3. The van der Waals surface area contributed by atoms with Gasteiger partial charge in [-0.25, -0.2) is 0 Å². The number of thiophene rings is 1. The minimum atomic E-state index is 0.440. The van der Waals surface area contributed by atoms with Crippen molar-refractivity contribution in [1.82, 2.24) is 0 Å². The highest BCUT2D eigenvalue weighted by Crippen LogP contribution is 2.63. The van der Waals surface area contributed by atoms with Gasteiger partial charge in [0.2, 0.25) is 0 Å². The molecule has 1 aliphatic carbocycles. The minimum Gasteiger partial charge on any atom is -0.330 e. The average molecular weight is 181 g/mol. The van der Waals surface area contributed by atoms with Crippen LogP contribution in [-0.4, -0.2) is 6.54 Å². The van der Waals surface area contributed by atoms with E-state index in [9.17, 15) is 0 Å². The van der Waals surface area contributed by atoms with E-state index < -0.39 is 0 Å². The number of nitrogens with two attached hydrogens (primary N) is 1. The molecule has 0 amide bonds. The van der Waals surface area contributed by atoms with Crippen molar-refractivity contribution in [2.75, 3.05) is 6.54 Å². The van der Waals surface area contributed by atoms with E-state index in [1.54, 1.807) is 11.3 Å². The second-order valence-corrected chi connectivity index (χ2v) is 4.98. The van der Waals surface area contributed by atoms with Crippen molar-refractivity contribution < 1.29 is 0 Å². The predicted octanol–water partition coefficient (Wildman–Crippen LogP) is 2.45. The highest BCUT2D eigenvalue weighted by molar-refractivity contribution is 7.08. The molecule has 2 heteroatoms. The maximum Gasteiger partial charge on any atom is -0.00375 e. The molecule has 66 valence electrons. The molecule has 0 aliphatic heterocycles. The molecule has 1 fully saturated rings. The van der Waals surface area contributed by atoms with Gasteiger partial charge in [0.25, 0.3) is 0 Å². The second kappa shape index (κ2) is 2.57. The van der Waals surface area contributed by atoms with E-state index in [4.69, 9.17) is 5.73 Å². The summed E-state index contributed by atoms with van der Waals surface area (Å²) in [6.07, 6.45) is 0. The molecule has 1 aromatic heterocycles. The molecular weight excluding hydrogens is 166 g/mol. The lowest BCUT2D eigenvalue weighted by Gasteiger charge is -1.98. The van der Waals surface area contributed by atoms with Crippen LogP contribution in [0.1, 0.15) is 25.3 Å². The van der Waals surface area contributed by atoms with E-state index in [1.165, 1.54) is 5.56 Å². The molecule has 0 spiro atoms. The van der Waals surface area contributed by atoms with E-state index in [2.05, 4.69) is 30.7 Å². The Morgan fingerprint density at radius 3 is 2.75 bits per heavy atom. The number of rotatable bonds is 2. The van der Waals surface area contributed by atoms with Gasteiger partial charge in [0.05, 0.1) is 0 Å². The Hall–Kier alpha value is -0.340. The highest BCUT2D eigenvalue weighted by atomic mass is 32.1. The summed E-state index contributed by atoms with van der Waals surface area (Å²) in [7, 11) is 0. The fourth-order valence-electron chi connectivity index (χ4n) is 2.30. The van der Waals surface area contributed by atoms with Crippen LogP contribution in [0, 0.1) is 11.3 Å². The number of hydrogen-bond acceptors (Lipinski definition) is 2. The SMILES string of the molecule is CC1(C)C(CN)C1c1ccsc1. The molecule has 0 aromatic carbocycles. The Kier molecular flexibility index (Phi) is 1.77. The summed E-state index contributed by atoms with van der Waals surface area (Å²) < 4.78 is 0. The maximum absolute atomic E-state index is 5.71. The van der Waals surface area contributed by atoms with E-state index in [0.717, 1.165) is 6.54 Å². The van der Waals surface area contributed by atoms with Gasteiger partial charge in [-0.1, -0.05) is 13.8 Å². The zero-order valence-electron chi connectivity index (χ0n) is 7.58. The minimum absolute atomic E-state index is 0.440. The van der Waals surface area contributed by atoms with Crippen LogP contribution in [0.15, 0.2) is 16.8 Å². The Morgan fingerprint density at radius 1 is 1.58 bits per heavy atom. The quantitative estimate of drug-likeness (QED) is 0.745.